The van der Waals surface area contributed by atoms with E-state index in [2.05, 4.69) is 10.6 Å². The third-order valence-corrected chi connectivity index (χ3v) is 4.92. The van der Waals surface area contributed by atoms with E-state index < -0.39 is 0 Å². The van der Waals surface area contributed by atoms with Gasteiger partial charge in [-0.15, -0.1) is 22.7 Å². The summed E-state index contributed by atoms with van der Waals surface area (Å²) < 4.78 is 10.2. The zero-order valence-electron chi connectivity index (χ0n) is 12.9. The highest BCUT2D eigenvalue weighted by atomic mass is 32.1. The molecule has 0 unspecified atom stereocenters. The van der Waals surface area contributed by atoms with Crippen molar-refractivity contribution >= 4 is 51.0 Å². The monoisotopic (exact) mass is 370 g/mol. The molecule has 2 rings (SSSR count). The second-order valence-corrected chi connectivity index (χ2v) is 6.66. The molecule has 2 N–H and O–H groups in total. The maximum atomic E-state index is 12.3. The Morgan fingerprint density at radius 3 is 2.87 bits per heavy atom. The molecule has 0 saturated carbocycles. The number of ether oxygens (including phenoxy) is 2. The molecule has 5 nitrogen and oxygen atoms in total. The van der Waals surface area contributed by atoms with Gasteiger partial charge in [0.15, 0.2) is 5.11 Å². The first-order valence-corrected chi connectivity index (χ1v) is 9.20. The molecule has 0 radical (unpaired) electrons. The summed E-state index contributed by atoms with van der Waals surface area (Å²) in [6.45, 7) is 3.27. The fraction of sp³-hybridized carbons (Fsp3) is 0.333. The number of methoxy groups -OCH3 is 1. The van der Waals surface area contributed by atoms with Crippen LogP contribution >= 0.6 is 34.9 Å². The van der Waals surface area contributed by atoms with Gasteiger partial charge in [-0.2, -0.15) is 0 Å². The Hall–Kier alpha value is -1.48. The summed E-state index contributed by atoms with van der Waals surface area (Å²) in [4.78, 5) is 13.4. The lowest BCUT2D eigenvalue weighted by Crippen LogP contribution is -2.31. The third-order valence-electron chi connectivity index (χ3n) is 2.88. The van der Waals surface area contributed by atoms with Gasteiger partial charge in [0.05, 0.1) is 13.2 Å². The van der Waals surface area contributed by atoms with E-state index in [1.165, 1.54) is 11.3 Å². The SMILES string of the molecule is CCOC(=O)c1c(-c2cccs2)csc1NC(=S)NCCOC. The molecule has 23 heavy (non-hydrogen) atoms. The summed E-state index contributed by atoms with van der Waals surface area (Å²) in [5.41, 5.74) is 1.39. The number of anilines is 1. The Bertz CT molecular complexity index is 653. The Balaban J connectivity index is 2.22. The molecular formula is C15H18N2O3S3. The minimum atomic E-state index is -0.348. The van der Waals surface area contributed by atoms with Crippen LogP contribution in [0.1, 0.15) is 17.3 Å². The van der Waals surface area contributed by atoms with Gasteiger partial charge in [-0.1, -0.05) is 6.07 Å². The largest absolute Gasteiger partial charge is 0.462 e. The minimum absolute atomic E-state index is 0.328. The van der Waals surface area contributed by atoms with Crippen LogP contribution in [0.2, 0.25) is 0 Å². The number of thiocarbonyl (C=S) groups is 1. The van der Waals surface area contributed by atoms with Crippen molar-refractivity contribution in [3.63, 3.8) is 0 Å². The van der Waals surface area contributed by atoms with Gasteiger partial charge in [0, 0.05) is 29.5 Å². The molecule has 0 amide bonds. The molecule has 0 fully saturated rings. The maximum absolute atomic E-state index is 12.3. The van der Waals surface area contributed by atoms with Gasteiger partial charge < -0.3 is 20.1 Å². The Morgan fingerprint density at radius 1 is 1.39 bits per heavy atom. The van der Waals surface area contributed by atoms with Crippen LogP contribution in [0.15, 0.2) is 22.9 Å². The van der Waals surface area contributed by atoms with Crippen molar-refractivity contribution in [2.24, 2.45) is 0 Å². The lowest BCUT2D eigenvalue weighted by Gasteiger charge is -2.11. The molecule has 0 spiro atoms. The molecule has 2 heterocycles. The van der Waals surface area contributed by atoms with Crippen LogP contribution in [0.3, 0.4) is 0 Å². The summed E-state index contributed by atoms with van der Waals surface area (Å²) in [5, 5.41) is 11.2. The van der Waals surface area contributed by atoms with Crippen LogP contribution in [0.5, 0.6) is 0 Å². The highest BCUT2D eigenvalue weighted by Crippen LogP contribution is 2.38. The molecule has 0 aliphatic carbocycles. The van der Waals surface area contributed by atoms with Gasteiger partial charge in [0.25, 0.3) is 0 Å². The molecule has 0 aliphatic rings. The fourth-order valence-electron chi connectivity index (χ4n) is 1.88. The average Bonchev–Trinajstić information content (AvgIpc) is 3.16. The molecule has 0 aliphatic heterocycles. The molecule has 0 saturated heterocycles. The smallest absolute Gasteiger partial charge is 0.341 e. The lowest BCUT2D eigenvalue weighted by atomic mass is 10.1. The highest BCUT2D eigenvalue weighted by molar-refractivity contribution is 7.80. The normalized spacial score (nSPS) is 10.3. The number of rotatable bonds is 7. The predicted octanol–water partition coefficient (Wildman–Crippen LogP) is 3.59. The number of hydrogen-bond donors (Lipinski definition) is 2. The Morgan fingerprint density at radius 2 is 2.22 bits per heavy atom. The van der Waals surface area contributed by atoms with E-state index in [0.717, 1.165) is 10.4 Å². The van der Waals surface area contributed by atoms with Crippen molar-refractivity contribution in [3.8, 4) is 10.4 Å². The lowest BCUT2D eigenvalue weighted by molar-refractivity contribution is 0.0529. The van der Waals surface area contributed by atoms with Crippen LogP contribution in [0.25, 0.3) is 10.4 Å². The van der Waals surface area contributed by atoms with E-state index in [4.69, 9.17) is 21.7 Å². The topological polar surface area (TPSA) is 59.6 Å². The van der Waals surface area contributed by atoms with Crippen LogP contribution in [-0.4, -0.2) is 38.0 Å². The first-order valence-electron chi connectivity index (χ1n) is 7.03. The molecule has 8 heteroatoms. The van der Waals surface area contributed by atoms with E-state index in [1.807, 2.05) is 22.9 Å². The number of esters is 1. The molecule has 0 bridgehead atoms. The zero-order valence-corrected chi connectivity index (χ0v) is 15.3. The number of nitrogens with one attached hydrogen (secondary N) is 2. The average molecular weight is 371 g/mol. The van der Waals surface area contributed by atoms with Gasteiger partial charge in [-0.05, 0) is 30.6 Å². The second kappa shape index (κ2) is 8.97. The highest BCUT2D eigenvalue weighted by Gasteiger charge is 2.22. The first kappa shape index (κ1) is 17.9. The van der Waals surface area contributed by atoms with Crippen molar-refractivity contribution in [3.05, 3.63) is 28.5 Å². The van der Waals surface area contributed by atoms with Crippen LogP contribution in [0, 0.1) is 0 Å². The maximum Gasteiger partial charge on any atom is 0.341 e. The van der Waals surface area contributed by atoms with Gasteiger partial charge in [0.2, 0.25) is 0 Å². The third kappa shape index (κ3) is 4.74. The first-order chi connectivity index (χ1) is 11.2. The Labute approximate surface area is 148 Å². The van der Waals surface area contributed by atoms with Gasteiger partial charge in [0.1, 0.15) is 10.6 Å². The Kier molecular flexibility index (Phi) is 6.97. The number of thiophene rings is 2. The summed E-state index contributed by atoms with van der Waals surface area (Å²) >= 11 is 8.26. The van der Waals surface area contributed by atoms with E-state index in [1.54, 1.807) is 25.4 Å². The summed E-state index contributed by atoms with van der Waals surface area (Å²) in [6.07, 6.45) is 0. The molecule has 124 valence electrons. The molecular weight excluding hydrogens is 352 g/mol. The van der Waals surface area contributed by atoms with E-state index in [9.17, 15) is 4.79 Å². The summed E-state index contributed by atoms with van der Waals surface area (Å²) in [6, 6.07) is 3.94. The molecule has 0 atom stereocenters. The summed E-state index contributed by atoms with van der Waals surface area (Å²) in [7, 11) is 1.63. The van der Waals surface area contributed by atoms with Crippen LogP contribution in [-0.2, 0) is 9.47 Å². The van der Waals surface area contributed by atoms with Gasteiger partial charge in [-0.25, -0.2) is 4.79 Å². The van der Waals surface area contributed by atoms with Crippen molar-refractivity contribution in [1.29, 1.82) is 0 Å². The number of carbonyl (C=O) groups is 1. The zero-order chi connectivity index (χ0) is 16.7. The van der Waals surface area contributed by atoms with Crippen LogP contribution in [0.4, 0.5) is 5.00 Å². The molecule has 0 aromatic carbocycles. The fourth-order valence-corrected chi connectivity index (χ4v) is 3.93. The van der Waals surface area contributed by atoms with Crippen molar-refractivity contribution in [1.82, 2.24) is 5.32 Å². The number of carbonyl (C=O) groups excluding carboxylic acids is 1. The van der Waals surface area contributed by atoms with E-state index in [0.29, 0.717) is 35.4 Å². The van der Waals surface area contributed by atoms with E-state index in [-0.39, 0.29) is 5.97 Å². The minimum Gasteiger partial charge on any atom is -0.462 e. The van der Waals surface area contributed by atoms with E-state index >= 15 is 0 Å². The van der Waals surface area contributed by atoms with Gasteiger partial charge >= 0.3 is 5.97 Å². The van der Waals surface area contributed by atoms with Crippen molar-refractivity contribution in [2.45, 2.75) is 6.92 Å². The van der Waals surface area contributed by atoms with Crippen molar-refractivity contribution in [2.75, 3.05) is 32.2 Å². The van der Waals surface area contributed by atoms with Crippen molar-refractivity contribution < 1.29 is 14.3 Å². The number of hydrogen-bond acceptors (Lipinski definition) is 6. The van der Waals surface area contributed by atoms with Gasteiger partial charge in [-0.3, -0.25) is 0 Å². The molecule has 2 aromatic rings. The predicted molar refractivity (Wildman–Crippen MR) is 99.7 cm³/mol. The quantitative estimate of drug-likeness (QED) is 0.441. The second-order valence-electron chi connectivity index (χ2n) is 4.42. The summed E-state index contributed by atoms with van der Waals surface area (Å²) in [5.74, 6) is -0.348. The molecule has 2 aromatic heterocycles. The van der Waals surface area contributed by atoms with Crippen LogP contribution < -0.4 is 10.6 Å². The standard InChI is InChI=1S/C15H18N2O3S3/c1-3-20-14(18)12-10(11-5-4-8-22-11)9-23-13(12)17-15(21)16-6-7-19-2/h4-5,8-9H,3,6-7H2,1-2H3,(H2,16,17,21).